The van der Waals surface area contributed by atoms with E-state index >= 15 is 0 Å². The first-order chi connectivity index (χ1) is 10.8. The van der Waals surface area contributed by atoms with Crippen molar-refractivity contribution in [2.45, 2.75) is 65.0 Å². The highest BCUT2D eigenvalue weighted by atomic mass is 35.5. The summed E-state index contributed by atoms with van der Waals surface area (Å²) in [5.41, 5.74) is -1.55. The van der Waals surface area contributed by atoms with E-state index in [1.165, 1.54) is 0 Å². The maximum atomic E-state index is 11.8. The molecule has 0 saturated heterocycles. The van der Waals surface area contributed by atoms with Crippen molar-refractivity contribution < 1.29 is 33.3 Å². The van der Waals surface area contributed by atoms with Crippen molar-refractivity contribution in [3.8, 4) is 0 Å². The summed E-state index contributed by atoms with van der Waals surface area (Å²) < 4.78 is 19.7. The molecule has 0 aliphatic carbocycles. The molecule has 0 fully saturated rings. The SMILES string of the molecule is CC(C)(C)OC(=O)C(CCl)OC(=O)OC(CCl)C(=O)OC(C)(C)C. The number of carbonyl (C=O) groups is 3. The molecule has 2 unspecified atom stereocenters. The molecule has 7 nitrogen and oxygen atoms in total. The van der Waals surface area contributed by atoms with Crippen LogP contribution in [0.25, 0.3) is 0 Å². The van der Waals surface area contributed by atoms with Gasteiger partial charge >= 0.3 is 18.1 Å². The zero-order valence-corrected chi connectivity index (χ0v) is 16.2. The molecule has 0 spiro atoms. The second kappa shape index (κ2) is 9.32. The first-order valence-corrected chi connectivity index (χ1v) is 8.31. The van der Waals surface area contributed by atoms with Crippen LogP contribution in [0.3, 0.4) is 0 Å². The minimum Gasteiger partial charge on any atom is -0.457 e. The molecule has 0 aliphatic rings. The summed E-state index contributed by atoms with van der Waals surface area (Å²) in [5, 5.41) is 0. The molecule has 0 aliphatic heterocycles. The van der Waals surface area contributed by atoms with Crippen molar-refractivity contribution >= 4 is 41.3 Å². The van der Waals surface area contributed by atoms with E-state index in [1.807, 2.05) is 0 Å². The highest BCUT2D eigenvalue weighted by molar-refractivity contribution is 6.20. The Balaban J connectivity index is 4.72. The highest BCUT2D eigenvalue weighted by Crippen LogP contribution is 2.14. The van der Waals surface area contributed by atoms with Crippen molar-refractivity contribution in [3.63, 3.8) is 0 Å². The van der Waals surface area contributed by atoms with Crippen LogP contribution < -0.4 is 0 Å². The number of alkyl halides is 2. The minimum atomic E-state index is -1.37. The van der Waals surface area contributed by atoms with Gasteiger partial charge in [0.05, 0.1) is 11.8 Å². The molecule has 0 N–H and O–H groups in total. The Morgan fingerprint density at radius 2 is 1.04 bits per heavy atom. The Hall–Kier alpha value is -1.21. The molecule has 0 aromatic rings. The van der Waals surface area contributed by atoms with Crippen molar-refractivity contribution in [2.75, 3.05) is 11.8 Å². The summed E-state index contributed by atoms with van der Waals surface area (Å²) in [6.45, 7) is 9.92. The Kier molecular flexibility index (Phi) is 8.85. The van der Waals surface area contributed by atoms with Crippen LogP contribution in [0.2, 0.25) is 0 Å². The first-order valence-electron chi connectivity index (χ1n) is 7.24. The molecule has 0 radical (unpaired) electrons. The van der Waals surface area contributed by atoms with Crippen LogP contribution in [0.4, 0.5) is 4.79 Å². The lowest BCUT2D eigenvalue weighted by molar-refractivity contribution is -0.168. The standard InChI is InChI=1S/C15H24Cl2O7/c1-14(2,3)23-11(18)9(7-16)21-13(20)22-10(8-17)12(19)24-15(4,5)6/h9-10H,7-8H2,1-6H3. The lowest BCUT2D eigenvalue weighted by Crippen LogP contribution is -2.39. The summed E-state index contributed by atoms with van der Waals surface area (Å²) >= 11 is 11.2. The van der Waals surface area contributed by atoms with Gasteiger partial charge in [-0.1, -0.05) is 0 Å². The maximum Gasteiger partial charge on any atom is 0.510 e. The second-order valence-corrected chi connectivity index (χ2v) is 7.46. The van der Waals surface area contributed by atoms with Gasteiger partial charge in [0.1, 0.15) is 11.2 Å². The number of hydrogen-bond donors (Lipinski definition) is 0. The zero-order valence-electron chi connectivity index (χ0n) is 14.7. The van der Waals surface area contributed by atoms with E-state index in [1.54, 1.807) is 41.5 Å². The molecule has 0 amide bonds. The largest absolute Gasteiger partial charge is 0.510 e. The Morgan fingerprint density at radius 1 is 0.750 bits per heavy atom. The van der Waals surface area contributed by atoms with Gasteiger partial charge < -0.3 is 18.9 Å². The van der Waals surface area contributed by atoms with E-state index in [4.69, 9.17) is 42.1 Å². The summed E-state index contributed by atoms with van der Waals surface area (Å²) in [5.74, 6) is -2.31. The molecule has 140 valence electrons. The van der Waals surface area contributed by atoms with Gasteiger partial charge in [0.25, 0.3) is 0 Å². The van der Waals surface area contributed by atoms with E-state index in [2.05, 4.69) is 0 Å². The van der Waals surface area contributed by atoms with E-state index < -0.39 is 41.5 Å². The fourth-order valence-corrected chi connectivity index (χ4v) is 1.66. The zero-order chi connectivity index (χ0) is 19.1. The van der Waals surface area contributed by atoms with Crippen LogP contribution in [-0.2, 0) is 28.5 Å². The first kappa shape index (κ1) is 22.8. The quantitative estimate of drug-likeness (QED) is 0.393. The maximum absolute atomic E-state index is 11.8. The summed E-state index contributed by atoms with van der Waals surface area (Å²) in [4.78, 5) is 35.4. The molecule has 0 bridgehead atoms. The van der Waals surface area contributed by atoms with Gasteiger partial charge in [-0.2, -0.15) is 0 Å². The number of ether oxygens (including phenoxy) is 4. The molecule has 24 heavy (non-hydrogen) atoms. The molecule has 2 atom stereocenters. The topological polar surface area (TPSA) is 88.1 Å². The van der Waals surface area contributed by atoms with E-state index in [0.29, 0.717) is 0 Å². The van der Waals surface area contributed by atoms with Crippen LogP contribution in [-0.4, -0.2) is 53.3 Å². The van der Waals surface area contributed by atoms with Crippen LogP contribution in [0.15, 0.2) is 0 Å². The lowest BCUT2D eigenvalue weighted by atomic mass is 10.2. The fourth-order valence-electron chi connectivity index (χ4n) is 1.28. The molecule has 0 saturated carbocycles. The fraction of sp³-hybridized carbons (Fsp3) is 0.800. The smallest absolute Gasteiger partial charge is 0.457 e. The predicted octanol–water partition coefficient (Wildman–Crippen LogP) is 3.04. The lowest BCUT2D eigenvalue weighted by Gasteiger charge is -2.24. The highest BCUT2D eigenvalue weighted by Gasteiger charge is 2.32. The number of halogens is 2. The third-order valence-electron chi connectivity index (χ3n) is 2.10. The van der Waals surface area contributed by atoms with Gasteiger partial charge in [0.2, 0.25) is 12.2 Å². The Labute approximate surface area is 151 Å². The third kappa shape index (κ3) is 9.82. The Bertz CT molecular complexity index is 412. The second-order valence-electron chi connectivity index (χ2n) is 6.84. The molecule has 0 rings (SSSR count). The number of esters is 2. The third-order valence-corrected chi connectivity index (χ3v) is 2.66. The molecule has 0 aromatic carbocycles. The summed E-state index contributed by atoms with van der Waals surface area (Å²) in [6.07, 6.45) is -4.01. The van der Waals surface area contributed by atoms with E-state index in [9.17, 15) is 14.4 Å². The average molecular weight is 387 g/mol. The number of carbonyl (C=O) groups excluding carboxylic acids is 3. The molecule has 9 heteroatoms. The van der Waals surface area contributed by atoms with Crippen molar-refractivity contribution in [1.82, 2.24) is 0 Å². The summed E-state index contributed by atoms with van der Waals surface area (Å²) in [6, 6.07) is 0. The normalized spacial score (nSPS) is 14.3. The molecule has 0 heterocycles. The van der Waals surface area contributed by atoms with Crippen molar-refractivity contribution in [2.24, 2.45) is 0 Å². The number of hydrogen-bond acceptors (Lipinski definition) is 7. The van der Waals surface area contributed by atoms with Crippen molar-refractivity contribution in [1.29, 1.82) is 0 Å². The van der Waals surface area contributed by atoms with Gasteiger partial charge in [-0.05, 0) is 41.5 Å². The van der Waals surface area contributed by atoms with Gasteiger partial charge in [-0.15, -0.1) is 23.2 Å². The monoisotopic (exact) mass is 386 g/mol. The van der Waals surface area contributed by atoms with Crippen LogP contribution in [0.1, 0.15) is 41.5 Å². The molecule has 0 aromatic heterocycles. The summed E-state index contributed by atoms with van der Waals surface area (Å²) in [7, 11) is 0. The van der Waals surface area contributed by atoms with Crippen LogP contribution in [0, 0.1) is 0 Å². The minimum absolute atomic E-state index is 0.331. The van der Waals surface area contributed by atoms with Crippen molar-refractivity contribution in [3.05, 3.63) is 0 Å². The van der Waals surface area contributed by atoms with Crippen LogP contribution in [0.5, 0.6) is 0 Å². The van der Waals surface area contributed by atoms with Gasteiger partial charge in [-0.25, -0.2) is 14.4 Å². The van der Waals surface area contributed by atoms with Gasteiger partial charge in [0.15, 0.2) is 0 Å². The molecular formula is C15H24Cl2O7. The average Bonchev–Trinajstić information content (AvgIpc) is 2.37. The number of rotatable bonds is 6. The van der Waals surface area contributed by atoms with Gasteiger partial charge in [-0.3, -0.25) is 0 Å². The predicted molar refractivity (Wildman–Crippen MR) is 88.3 cm³/mol. The molecular weight excluding hydrogens is 363 g/mol. The van der Waals surface area contributed by atoms with E-state index in [0.717, 1.165) is 0 Å². The van der Waals surface area contributed by atoms with Crippen LogP contribution >= 0.6 is 23.2 Å². The van der Waals surface area contributed by atoms with Gasteiger partial charge in [0, 0.05) is 0 Å². The Morgan fingerprint density at radius 3 is 1.25 bits per heavy atom. The van der Waals surface area contributed by atoms with E-state index in [-0.39, 0.29) is 11.8 Å².